The molecule has 0 atom stereocenters. The quantitative estimate of drug-likeness (QED) is 0.0149. The highest BCUT2D eigenvalue weighted by Crippen LogP contribution is 2.49. The van der Waals surface area contributed by atoms with Gasteiger partial charge in [-0.3, -0.25) is 29.0 Å². The molecule has 0 fully saturated rings. The molecule has 2 aliphatic heterocycles. The van der Waals surface area contributed by atoms with E-state index in [1.165, 1.54) is 0 Å². The fraction of sp³-hybridized carbons (Fsp3) is 0.547. The van der Waals surface area contributed by atoms with Crippen LogP contribution >= 0.6 is 22.6 Å². The maximum Gasteiger partial charge on any atom is 0.263 e. The van der Waals surface area contributed by atoms with Gasteiger partial charge in [-0.15, -0.1) is 0 Å². The molecule has 5 aromatic rings. The van der Waals surface area contributed by atoms with Gasteiger partial charge in [-0.1, -0.05) is 171 Å². The number of alkyl halides is 1. The molecule has 0 spiro atoms. The number of hydrogen-bond donors (Lipinski definition) is 1. The number of rotatable bonds is 26. The molecule has 2 aliphatic rings. The van der Waals surface area contributed by atoms with Crippen molar-refractivity contribution in [3.05, 3.63) is 64.7 Å². The molecule has 0 unspecified atom stereocenters. The van der Waals surface area contributed by atoms with Crippen molar-refractivity contribution >= 4 is 95.0 Å². The largest absolute Gasteiger partial charge is 0.384 e. The van der Waals surface area contributed by atoms with Crippen molar-refractivity contribution in [1.82, 2.24) is 9.80 Å². The summed E-state index contributed by atoms with van der Waals surface area (Å²) >= 11 is 2.39. The minimum absolute atomic E-state index is 0.126. The highest BCUT2D eigenvalue weighted by molar-refractivity contribution is 14.1. The van der Waals surface area contributed by atoms with Gasteiger partial charge < -0.3 is 5.32 Å². The van der Waals surface area contributed by atoms with E-state index in [2.05, 4.69) is 67.7 Å². The first-order valence-corrected chi connectivity index (χ1v) is 25.6. The summed E-state index contributed by atoms with van der Waals surface area (Å²) in [5.74, 6) is -0.767. The Morgan fingerprint density at radius 1 is 0.459 bits per heavy atom. The topological polar surface area (TPSA) is 86.8 Å². The van der Waals surface area contributed by atoms with Gasteiger partial charge in [0.05, 0.1) is 5.56 Å². The minimum Gasteiger partial charge on any atom is -0.384 e. The van der Waals surface area contributed by atoms with E-state index in [0.717, 1.165) is 188 Å². The van der Waals surface area contributed by atoms with Gasteiger partial charge >= 0.3 is 0 Å². The number of carbonyl (C=O) groups excluding carboxylic acids is 4. The summed E-state index contributed by atoms with van der Waals surface area (Å²) < 4.78 is 0.974. The second kappa shape index (κ2) is 21.1. The number of fused-ring (bicyclic) bond motifs is 2. The van der Waals surface area contributed by atoms with Crippen molar-refractivity contribution in [2.24, 2.45) is 0 Å². The third-order valence-corrected chi connectivity index (χ3v) is 14.5. The van der Waals surface area contributed by atoms with E-state index in [1.807, 2.05) is 30.3 Å². The second-order valence-corrected chi connectivity index (χ2v) is 19.0. The molecule has 326 valence electrons. The van der Waals surface area contributed by atoms with Crippen LogP contribution in [0.3, 0.4) is 0 Å². The zero-order valence-corrected chi connectivity index (χ0v) is 39.5. The molecule has 1 N–H and O–H groups in total. The smallest absolute Gasteiger partial charge is 0.263 e. The number of halogens is 1. The van der Waals surface area contributed by atoms with Gasteiger partial charge in [-0.25, -0.2) is 0 Å². The van der Waals surface area contributed by atoms with Gasteiger partial charge in [0.15, 0.2) is 0 Å². The van der Waals surface area contributed by atoms with Crippen molar-refractivity contribution in [2.45, 2.75) is 175 Å². The number of imide groups is 2. The lowest BCUT2D eigenvalue weighted by molar-refractivity contribution is 0.0501. The van der Waals surface area contributed by atoms with Crippen LogP contribution in [0.4, 0.5) is 5.69 Å². The third-order valence-electron chi connectivity index (χ3n) is 13.7. The average Bonchev–Trinajstić information content (AvgIpc) is 3.26. The van der Waals surface area contributed by atoms with Crippen molar-refractivity contribution < 1.29 is 19.2 Å². The molecule has 0 radical (unpaired) electrons. The lowest BCUT2D eigenvalue weighted by Gasteiger charge is -2.36. The minimum atomic E-state index is -0.194. The van der Waals surface area contributed by atoms with Gasteiger partial charge in [0.1, 0.15) is 0 Å². The first-order valence-electron chi connectivity index (χ1n) is 24.1. The fourth-order valence-corrected chi connectivity index (χ4v) is 10.9. The van der Waals surface area contributed by atoms with Crippen molar-refractivity contribution in [3.8, 4) is 0 Å². The number of carbonyl (C=O) groups is 4. The van der Waals surface area contributed by atoms with Crippen LogP contribution in [0.2, 0.25) is 0 Å². The predicted octanol–water partition coefficient (Wildman–Crippen LogP) is 14.8. The first kappa shape index (κ1) is 45.2. The van der Waals surface area contributed by atoms with Gasteiger partial charge in [-0.05, 0) is 88.7 Å². The second-order valence-electron chi connectivity index (χ2n) is 18.0. The number of nitrogens with zero attached hydrogens (tertiary/aromatic N) is 2. The number of unbranched alkanes of at least 4 members (excludes halogenated alkanes) is 12. The Morgan fingerprint density at radius 2 is 0.852 bits per heavy atom. The first-order chi connectivity index (χ1) is 29.8. The summed E-state index contributed by atoms with van der Waals surface area (Å²) in [6, 6.07) is 13.8. The van der Waals surface area contributed by atoms with Crippen LogP contribution in [0.1, 0.15) is 204 Å². The van der Waals surface area contributed by atoms with E-state index in [9.17, 15) is 14.4 Å². The Balaban J connectivity index is 1.37. The van der Waals surface area contributed by atoms with E-state index >= 15 is 4.79 Å². The summed E-state index contributed by atoms with van der Waals surface area (Å²) in [5, 5.41) is 10.6. The molecule has 0 saturated heterocycles. The molecule has 8 heteroatoms. The number of amides is 4. The molecule has 0 aromatic heterocycles. The normalized spacial score (nSPS) is 14.2. The molecular formula is C53H68IN3O4. The van der Waals surface area contributed by atoms with Crippen LogP contribution in [-0.2, 0) is 0 Å². The molecule has 0 saturated carbocycles. The SMILES string of the molecule is CCCCCCC(CCCCCC)N1C(=O)c2ccc3c4ccc5c6c(c(NCCCI)cc(c7ccc(c2c37)C1=O)c64)C(=O)N(C(CCCCCC)CCCCCC)C5=O. The maximum absolute atomic E-state index is 15.1. The van der Waals surface area contributed by atoms with E-state index in [1.54, 1.807) is 9.80 Å². The molecular weight excluding hydrogens is 870 g/mol. The predicted molar refractivity (Wildman–Crippen MR) is 263 cm³/mol. The standard InChI is InChI=1S/C53H68IN3O4/c1-5-9-13-17-22-35(23-18-14-10-6-2)56-50(58)40-29-26-37-38-27-31-42-48-46(38)43(39-28-30-41(51(56)59)47(40)45(37)39)34-44(55-33-21-32-54)49(48)53(61)57(52(42)60)36(24-19-15-11-7-3)25-20-16-12-8-4/h26-31,34-36,55H,5-25,32-33H2,1-4H3. The van der Waals surface area contributed by atoms with Crippen molar-refractivity contribution in [3.63, 3.8) is 0 Å². The van der Waals surface area contributed by atoms with Gasteiger partial charge in [0.2, 0.25) is 0 Å². The number of benzene rings is 5. The number of nitrogens with one attached hydrogen (secondary N) is 1. The Kier molecular flexibility index (Phi) is 15.6. The van der Waals surface area contributed by atoms with E-state index in [-0.39, 0.29) is 35.7 Å². The van der Waals surface area contributed by atoms with Crippen molar-refractivity contribution in [1.29, 1.82) is 0 Å². The lowest BCUT2D eigenvalue weighted by Crippen LogP contribution is -2.47. The zero-order valence-electron chi connectivity index (χ0n) is 37.4. The average molecular weight is 938 g/mol. The van der Waals surface area contributed by atoms with Crippen LogP contribution in [-0.4, -0.2) is 56.5 Å². The van der Waals surface area contributed by atoms with Gasteiger partial charge in [-0.2, -0.15) is 0 Å². The summed E-state index contributed by atoms with van der Waals surface area (Å²) in [7, 11) is 0. The summed E-state index contributed by atoms with van der Waals surface area (Å²) in [6.07, 6.45) is 21.8. The van der Waals surface area contributed by atoms with Gasteiger partial charge in [0.25, 0.3) is 23.6 Å². The number of hydrogen-bond acceptors (Lipinski definition) is 5. The molecule has 0 aliphatic carbocycles. The van der Waals surface area contributed by atoms with Crippen LogP contribution in [0.5, 0.6) is 0 Å². The third kappa shape index (κ3) is 8.90. The molecule has 7 rings (SSSR count). The Morgan fingerprint density at radius 3 is 1.28 bits per heavy atom. The Labute approximate surface area is 377 Å². The number of anilines is 1. The highest BCUT2D eigenvalue weighted by atomic mass is 127. The zero-order chi connectivity index (χ0) is 43.0. The van der Waals surface area contributed by atoms with Crippen LogP contribution in [0, 0.1) is 0 Å². The van der Waals surface area contributed by atoms with Crippen molar-refractivity contribution in [2.75, 3.05) is 16.3 Å². The fourth-order valence-electron chi connectivity index (χ4n) is 10.5. The summed E-state index contributed by atoms with van der Waals surface area (Å²) in [6.45, 7) is 9.53. The van der Waals surface area contributed by atoms with E-state index < -0.39 is 0 Å². The van der Waals surface area contributed by atoms with E-state index in [0.29, 0.717) is 28.8 Å². The monoisotopic (exact) mass is 937 g/mol. The summed E-state index contributed by atoms with van der Waals surface area (Å²) in [4.78, 5) is 62.6. The molecule has 61 heavy (non-hydrogen) atoms. The Bertz CT molecular complexity index is 2320. The maximum atomic E-state index is 15.1. The van der Waals surface area contributed by atoms with Crippen LogP contribution in [0.15, 0.2) is 42.5 Å². The highest BCUT2D eigenvalue weighted by Gasteiger charge is 2.41. The van der Waals surface area contributed by atoms with Crippen LogP contribution in [0.25, 0.3) is 43.1 Å². The molecule has 0 bridgehead atoms. The lowest BCUT2D eigenvalue weighted by atomic mass is 9.81. The molecule has 4 amide bonds. The van der Waals surface area contributed by atoms with Gasteiger partial charge in [0, 0.05) is 56.2 Å². The molecule has 7 nitrogen and oxygen atoms in total. The van der Waals surface area contributed by atoms with E-state index in [4.69, 9.17) is 0 Å². The van der Waals surface area contributed by atoms with Crippen LogP contribution < -0.4 is 5.32 Å². The molecule has 2 heterocycles. The molecule has 5 aromatic carbocycles. The Hall–Kier alpha value is -3.79. The summed E-state index contributed by atoms with van der Waals surface area (Å²) in [5.41, 5.74) is 3.09.